The summed E-state index contributed by atoms with van der Waals surface area (Å²) in [6, 6.07) is 4.54. The van der Waals surface area contributed by atoms with Gasteiger partial charge in [0.2, 0.25) is 0 Å². The van der Waals surface area contributed by atoms with Crippen molar-refractivity contribution in [3.05, 3.63) is 21.9 Å². The topological polar surface area (TPSA) is 0 Å². The molecule has 0 radical (unpaired) electrons. The number of hydrogen-bond acceptors (Lipinski definition) is 1. The molecule has 0 spiro atoms. The van der Waals surface area contributed by atoms with Gasteiger partial charge in [0.05, 0.1) is 5.38 Å². The van der Waals surface area contributed by atoms with Crippen LogP contribution >= 0.6 is 22.9 Å². The maximum absolute atomic E-state index is 6.78. The molecule has 1 aromatic heterocycles. The first-order valence-corrected chi connectivity index (χ1v) is 8.98. The Balaban J connectivity index is 2.05. The normalized spacial score (nSPS) is 20.8. The van der Waals surface area contributed by atoms with Crippen molar-refractivity contribution in [2.45, 2.75) is 76.5 Å². The minimum atomic E-state index is 0.235. The second kappa shape index (κ2) is 6.63. The van der Waals surface area contributed by atoms with E-state index in [1.165, 1.54) is 54.7 Å². The van der Waals surface area contributed by atoms with Crippen LogP contribution in [0.3, 0.4) is 0 Å². The van der Waals surface area contributed by atoms with E-state index in [2.05, 4.69) is 32.9 Å². The van der Waals surface area contributed by atoms with Crippen LogP contribution in [-0.2, 0) is 5.41 Å². The second-order valence-electron chi connectivity index (χ2n) is 6.96. The zero-order valence-corrected chi connectivity index (χ0v) is 14.1. The Labute approximate surface area is 127 Å². The Morgan fingerprint density at radius 2 is 1.63 bits per heavy atom. The molecule has 1 atom stereocenters. The molecule has 1 heterocycles. The van der Waals surface area contributed by atoms with Crippen molar-refractivity contribution in [3.8, 4) is 0 Å². The molecule has 0 aliphatic heterocycles. The molecule has 2 heteroatoms. The highest BCUT2D eigenvalue weighted by atomic mass is 35.5. The number of alkyl halides is 1. The average molecular weight is 299 g/mol. The predicted molar refractivity (Wildman–Crippen MR) is 87.4 cm³/mol. The Bertz CT molecular complexity index is 380. The van der Waals surface area contributed by atoms with Gasteiger partial charge in [-0.25, -0.2) is 0 Å². The predicted octanol–water partition coefficient (Wildman–Crippen LogP) is 6.69. The minimum Gasteiger partial charge on any atom is -0.143 e. The van der Waals surface area contributed by atoms with Crippen LogP contribution in [0, 0.1) is 5.92 Å². The van der Waals surface area contributed by atoms with Crippen LogP contribution < -0.4 is 0 Å². The van der Waals surface area contributed by atoms with Crippen molar-refractivity contribution in [2.24, 2.45) is 5.92 Å². The highest BCUT2D eigenvalue weighted by Crippen LogP contribution is 2.42. The van der Waals surface area contributed by atoms with Crippen molar-refractivity contribution in [1.29, 1.82) is 0 Å². The van der Waals surface area contributed by atoms with E-state index in [1.54, 1.807) is 0 Å². The number of halogens is 1. The van der Waals surface area contributed by atoms with Gasteiger partial charge >= 0.3 is 0 Å². The fraction of sp³-hybridized carbons (Fsp3) is 0.765. The highest BCUT2D eigenvalue weighted by Gasteiger charge is 2.25. The Morgan fingerprint density at radius 1 is 1.05 bits per heavy atom. The first-order chi connectivity index (χ1) is 8.98. The van der Waals surface area contributed by atoms with Crippen LogP contribution in [0.1, 0.15) is 80.8 Å². The zero-order chi connectivity index (χ0) is 13.9. The molecule has 1 aliphatic rings. The largest absolute Gasteiger partial charge is 0.143 e. The maximum Gasteiger partial charge on any atom is 0.0706 e. The van der Waals surface area contributed by atoms with Gasteiger partial charge in [-0.3, -0.25) is 0 Å². The summed E-state index contributed by atoms with van der Waals surface area (Å²) >= 11 is 8.71. The van der Waals surface area contributed by atoms with Crippen LogP contribution in [0.4, 0.5) is 0 Å². The van der Waals surface area contributed by atoms with Gasteiger partial charge in [-0.2, -0.15) is 0 Å². The van der Waals surface area contributed by atoms with Crippen molar-refractivity contribution >= 4 is 22.9 Å². The zero-order valence-electron chi connectivity index (χ0n) is 12.5. The lowest BCUT2D eigenvalue weighted by atomic mass is 9.88. The van der Waals surface area contributed by atoms with Gasteiger partial charge in [-0.05, 0) is 36.3 Å². The lowest BCUT2D eigenvalue weighted by Gasteiger charge is -2.23. The van der Waals surface area contributed by atoms with E-state index in [9.17, 15) is 0 Å². The summed E-state index contributed by atoms with van der Waals surface area (Å²) in [6.45, 7) is 6.84. The quantitative estimate of drug-likeness (QED) is 0.534. The molecule has 0 amide bonds. The molecule has 2 rings (SSSR count). The standard InChI is InChI=1S/C17H27ClS/c1-17(2,3)15-12-11-14(19-15)16(18)13-9-7-5-4-6-8-10-13/h11-13,16H,4-10H2,1-3H3. The van der Waals surface area contributed by atoms with E-state index in [1.807, 2.05) is 11.3 Å². The molecule has 108 valence electrons. The van der Waals surface area contributed by atoms with Gasteiger partial charge in [0.15, 0.2) is 0 Å². The smallest absolute Gasteiger partial charge is 0.0706 e. The molecule has 1 aromatic rings. The first-order valence-electron chi connectivity index (χ1n) is 7.73. The Kier molecular flexibility index (Phi) is 5.37. The molecule has 0 N–H and O–H groups in total. The average Bonchev–Trinajstić information content (AvgIpc) is 2.76. The SMILES string of the molecule is CC(C)(C)c1ccc(C(Cl)C2CCCCCCC2)s1. The van der Waals surface area contributed by atoms with E-state index in [4.69, 9.17) is 11.6 Å². The number of rotatable bonds is 2. The van der Waals surface area contributed by atoms with Gasteiger partial charge in [0, 0.05) is 9.75 Å². The summed E-state index contributed by atoms with van der Waals surface area (Å²) in [4.78, 5) is 2.84. The monoisotopic (exact) mass is 298 g/mol. The maximum atomic E-state index is 6.78. The molecule has 0 nitrogen and oxygen atoms in total. The highest BCUT2D eigenvalue weighted by molar-refractivity contribution is 7.12. The van der Waals surface area contributed by atoms with Crippen LogP contribution in [-0.4, -0.2) is 0 Å². The molecule has 0 saturated heterocycles. The van der Waals surface area contributed by atoms with Crippen LogP contribution in [0.5, 0.6) is 0 Å². The third-order valence-electron chi connectivity index (χ3n) is 4.20. The van der Waals surface area contributed by atoms with Crippen molar-refractivity contribution in [3.63, 3.8) is 0 Å². The van der Waals surface area contributed by atoms with Gasteiger partial charge < -0.3 is 0 Å². The van der Waals surface area contributed by atoms with E-state index in [-0.39, 0.29) is 10.8 Å². The van der Waals surface area contributed by atoms with Crippen LogP contribution in [0.15, 0.2) is 12.1 Å². The molecule has 0 bridgehead atoms. The minimum absolute atomic E-state index is 0.235. The summed E-state index contributed by atoms with van der Waals surface area (Å²) in [5.41, 5.74) is 0.250. The second-order valence-corrected chi connectivity index (χ2v) is 8.54. The molecule has 19 heavy (non-hydrogen) atoms. The summed E-state index contributed by atoms with van der Waals surface area (Å²) in [7, 11) is 0. The molecule has 1 aliphatic carbocycles. The van der Waals surface area contributed by atoms with E-state index in [0.717, 1.165) is 0 Å². The molecule has 0 aromatic carbocycles. The summed E-state index contributed by atoms with van der Waals surface area (Å²) in [5.74, 6) is 0.688. The molecule has 1 saturated carbocycles. The van der Waals surface area contributed by atoms with Crippen molar-refractivity contribution in [1.82, 2.24) is 0 Å². The number of thiophene rings is 1. The van der Waals surface area contributed by atoms with Crippen LogP contribution in [0.2, 0.25) is 0 Å². The van der Waals surface area contributed by atoms with Crippen LogP contribution in [0.25, 0.3) is 0 Å². The van der Waals surface area contributed by atoms with E-state index < -0.39 is 0 Å². The molecular formula is C17H27ClS. The van der Waals surface area contributed by atoms with E-state index >= 15 is 0 Å². The fourth-order valence-electron chi connectivity index (χ4n) is 2.92. The van der Waals surface area contributed by atoms with Crippen molar-refractivity contribution in [2.75, 3.05) is 0 Å². The molecule has 1 fully saturated rings. The van der Waals surface area contributed by atoms with E-state index in [0.29, 0.717) is 5.92 Å². The lowest BCUT2D eigenvalue weighted by molar-refractivity contribution is 0.370. The lowest BCUT2D eigenvalue weighted by Crippen LogP contribution is -2.10. The summed E-state index contributed by atoms with van der Waals surface area (Å²) < 4.78 is 0. The Hall–Kier alpha value is -0.0100. The van der Waals surface area contributed by atoms with Gasteiger partial charge in [0.1, 0.15) is 0 Å². The number of hydrogen-bond donors (Lipinski definition) is 0. The molecular weight excluding hydrogens is 272 g/mol. The summed E-state index contributed by atoms with van der Waals surface area (Å²) in [5, 5.41) is 0.235. The third kappa shape index (κ3) is 4.23. The van der Waals surface area contributed by atoms with Gasteiger partial charge in [0.25, 0.3) is 0 Å². The first kappa shape index (κ1) is 15.4. The fourth-order valence-corrected chi connectivity index (χ4v) is 4.51. The van der Waals surface area contributed by atoms with Gasteiger partial charge in [-0.1, -0.05) is 52.9 Å². The van der Waals surface area contributed by atoms with Gasteiger partial charge in [-0.15, -0.1) is 22.9 Å². The summed E-state index contributed by atoms with van der Waals surface area (Å²) in [6.07, 6.45) is 9.59. The third-order valence-corrected chi connectivity index (χ3v) is 6.52. The molecule has 1 unspecified atom stereocenters. The van der Waals surface area contributed by atoms with Crippen molar-refractivity contribution < 1.29 is 0 Å². The Morgan fingerprint density at radius 3 is 2.16 bits per heavy atom.